The fraction of sp³-hybridized carbons (Fsp3) is 0.391. The van der Waals surface area contributed by atoms with Gasteiger partial charge in [-0.2, -0.15) is 5.10 Å². The highest BCUT2D eigenvalue weighted by Crippen LogP contribution is 2.66. The second kappa shape index (κ2) is 8.37. The third kappa shape index (κ3) is 4.29. The molecule has 3 atom stereocenters. The number of para-hydroxylation sites is 1. The molecule has 0 bridgehead atoms. The van der Waals surface area contributed by atoms with Crippen molar-refractivity contribution in [1.82, 2.24) is 5.43 Å². The molecular weight excluding hydrogens is 407 g/mol. The minimum Gasteiger partial charge on any atom is -0.488 e. The van der Waals surface area contributed by atoms with Crippen LogP contribution in [0.3, 0.4) is 0 Å². The molecule has 0 heterocycles. The van der Waals surface area contributed by atoms with E-state index < -0.39 is 0 Å². The summed E-state index contributed by atoms with van der Waals surface area (Å²) in [5, 5.41) is 5.34. The molecule has 0 aromatic heterocycles. The van der Waals surface area contributed by atoms with Crippen molar-refractivity contribution in [3.8, 4) is 5.75 Å². The predicted molar refractivity (Wildman–Crippen MR) is 117 cm³/mol. The molecule has 2 aliphatic rings. The number of nitrogens with one attached hydrogen (secondary N) is 1. The lowest BCUT2D eigenvalue weighted by atomic mass is 9.90. The molecular formula is C23H24Cl2N2O2. The Morgan fingerprint density at radius 1 is 1.28 bits per heavy atom. The van der Waals surface area contributed by atoms with Gasteiger partial charge in [0.2, 0.25) is 5.91 Å². The lowest BCUT2D eigenvalue weighted by Gasteiger charge is -2.15. The molecule has 29 heavy (non-hydrogen) atoms. The molecule has 0 radical (unpaired) electrons. The Morgan fingerprint density at radius 2 is 2.10 bits per heavy atom. The minimum absolute atomic E-state index is 0.0296. The number of fused-ring (bicyclic) bond motifs is 1. The van der Waals surface area contributed by atoms with Gasteiger partial charge in [0.15, 0.2) is 0 Å². The van der Waals surface area contributed by atoms with Crippen LogP contribution < -0.4 is 10.2 Å². The average Bonchev–Trinajstić information content (AvgIpc) is 3.33. The number of nitrogens with zero attached hydrogens (tertiary/aromatic N) is 1. The van der Waals surface area contributed by atoms with Crippen LogP contribution in [0.1, 0.15) is 43.7 Å². The van der Waals surface area contributed by atoms with Gasteiger partial charge in [-0.25, -0.2) is 5.43 Å². The molecule has 1 N–H and O–H groups in total. The van der Waals surface area contributed by atoms with E-state index in [1.807, 2.05) is 30.3 Å². The first-order chi connectivity index (χ1) is 14.0. The van der Waals surface area contributed by atoms with Crippen LogP contribution in [0.15, 0.2) is 47.6 Å². The fourth-order valence-corrected chi connectivity index (χ4v) is 5.06. The van der Waals surface area contributed by atoms with Gasteiger partial charge in [0.1, 0.15) is 12.4 Å². The lowest BCUT2D eigenvalue weighted by Crippen LogP contribution is -2.22. The standard InChI is InChI=1S/C23H24Cl2N2O2/c1-23-11-5-4-7-18(23)21(23)22(28)27-26-13-15-6-2-3-8-20(15)29-14-16-9-10-17(24)12-19(16)25/h2-3,6,8-10,12-13,18,21H,4-5,7,11,14H2,1H3,(H,27,28). The maximum atomic E-state index is 12.5. The van der Waals surface area contributed by atoms with Gasteiger partial charge in [-0.1, -0.05) is 61.2 Å². The summed E-state index contributed by atoms with van der Waals surface area (Å²) in [6.45, 7) is 2.55. The number of hydrazone groups is 1. The maximum Gasteiger partial charge on any atom is 0.244 e. The first kappa shape index (κ1) is 20.2. The Morgan fingerprint density at radius 3 is 2.86 bits per heavy atom. The number of amides is 1. The largest absolute Gasteiger partial charge is 0.488 e. The van der Waals surface area contributed by atoms with Gasteiger partial charge >= 0.3 is 0 Å². The zero-order valence-corrected chi connectivity index (χ0v) is 17.8. The Bertz CT molecular complexity index is 946. The number of ether oxygens (including phenoxy) is 1. The second-order valence-corrected chi connectivity index (χ2v) is 8.98. The molecule has 2 aromatic carbocycles. The molecule has 4 rings (SSSR count). The van der Waals surface area contributed by atoms with E-state index in [2.05, 4.69) is 17.5 Å². The van der Waals surface area contributed by atoms with E-state index in [1.54, 1.807) is 18.3 Å². The third-order valence-corrected chi connectivity index (χ3v) is 6.90. The first-order valence-corrected chi connectivity index (χ1v) is 10.7. The van der Waals surface area contributed by atoms with Gasteiger partial charge in [-0.05, 0) is 48.4 Å². The smallest absolute Gasteiger partial charge is 0.244 e. The zero-order chi connectivity index (χ0) is 20.4. The quantitative estimate of drug-likeness (QED) is 0.461. The van der Waals surface area contributed by atoms with Crippen LogP contribution in [0.25, 0.3) is 0 Å². The Balaban J connectivity index is 1.37. The second-order valence-electron chi connectivity index (χ2n) is 8.13. The van der Waals surface area contributed by atoms with Crippen molar-refractivity contribution >= 4 is 35.3 Å². The summed E-state index contributed by atoms with van der Waals surface area (Å²) in [7, 11) is 0. The summed E-state index contributed by atoms with van der Waals surface area (Å²) in [6, 6.07) is 12.9. The number of halogens is 2. The summed E-state index contributed by atoms with van der Waals surface area (Å²) in [5.74, 6) is 1.32. The summed E-state index contributed by atoms with van der Waals surface area (Å²) >= 11 is 12.2. The van der Waals surface area contributed by atoms with Gasteiger partial charge in [0, 0.05) is 27.1 Å². The number of hydrogen-bond donors (Lipinski definition) is 1. The number of hydrogen-bond acceptors (Lipinski definition) is 3. The minimum atomic E-state index is 0.0296. The topological polar surface area (TPSA) is 50.7 Å². The number of rotatable bonds is 6. The molecule has 4 nitrogen and oxygen atoms in total. The molecule has 6 heteroatoms. The highest BCUT2D eigenvalue weighted by molar-refractivity contribution is 6.35. The highest BCUT2D eigenvalue weighted by Gasteiger charge is 2.64. The SMILES string of the molecule is CC12CCCCC1C2C(=O)NN=Cc1ccccc1OCc1ccc(Cl)cc1Cl. The van der Waals surface area contributed by atoms with E-state index in [9.17, 15) is 4.79 Å². The van der Waals surface area contributed by atoms with E-state index in [0.717, 1.165) is 24.0 Å². The van der Waals surface area contributed by atoms with Crippen molar-refractivity contribution in [2.45, 2.75) is 39.2 Å². The van der Waals surface area contributed by atoms with Crippen molar-refractivity contribution in [3.05, 3.63) is 63.6 Å². The van der Waals surface area contributed by atoms with Gasteiger partial charge in [0.25, 0.3) is 0 Å². The molecule has 0 aliphatic heterocycles. The predicted octanol–water partition coefficient (Wildman–Crippen LogP) is 5.85. The van der Waals surface area contributed by atoms with E-state index in [1.165, 1.54) is 12.8 Å². The normalized spacial score (nSPS) is 25.5. The van der Waals surface area contributed by atoms with Crippen LogP contribution >= 0.6 is 23.2 Å². The van der Waals surface area contributed by atoms with Gasteiger partial charge in [-0.3, -0.25) is 4.79 Å². The van der Waals surface area contributed by atoms with E-state index in [-0.39, 0.29) is 17.2 Å². The third-order valence-electron chi connectivity index (χ3n) is 6.31. The van der Waals surface area contributed by atoms with E-state index in [4.69, 9.17) is 27.9 Å². The first-order valence-electron chi connectivity index (χ1n) is 9.98. The molecule has 1 amide bonds. The van der Waals surface area contributed by atoms with Gasteiger partial charge in [0.05, 0.1) is 6.21 Å². The maximum absolute atomic E-state index is 12.5. The summed E-state index contributed by atoms with van der Waals surface area (Å²) in [5.41, 5.74) is 4.54. The van der Waals surface area contributed by atoms with Crippen LogP contribution in [0.2, 0.25) is 10.0 Å². The van der Waals surface area contributed by atoms with Crippen LogP contribution in [0.4, 0.5) is 0 Å². The van der Waals surface area contributed by atoms with Crippen LogP contribution in [0, 0.1) is 17.3 Å². The fourth-order valence-electron chi connectivity index (χ4n) is 4.60. The van der Waals surface area contributed by atoms with Crippen molar-refractivity contribution in [3.63, 3.8) is 0 Å². The Labute approximate surface area is 181 Å². The number of carbonyl (C=O) groups is 1. The molecule has 2 aromatic rings. The summed E-state index contributed by atoms with van der Waals surface area (Å²) in [4.78, 5) is 12.5. The molecule has 0 spiro atoms. The summed E-state index contributed by atoms with van der Waals surface area (Å²) < 4.78 is 5.92. The van der Waals surface area contributed by atoms with E-state index in [0.29, 0.717) is 28.3 Å². The van der Waals surface area contributed by atoms with Crippen molar-refractivity contribution < 1.29 is 9.53 Å². The van der Waals surface area contributed by atoms with Crippen molar-refractivity contribution in [2.24, 2.45) is 22.4 Å². The molecule has 0 saturated heterocycles. The van der Waals surface area contributed by atoms with Gasteiger partial charge in [-0.15, -0.1) is 0 Å². The number of benzene rings is 2. The van der Waals surface area contributed by atoms with Crippen molar-refractivity contribution in [2.75, 3.05) is 0 Å². The van der Waals surface area contributed by atoms with E-state index >= 15 is 0 Å². The average molecular weight is 431 g/mol. The van der Waals surface area contributed by atoms with Crippen LogP contribution in [-0.4, -0.2) is 12.1 Å². The molecule has 2 saturated carbocycles. The molecule has 2 aliphatic carbocycles. The zero-order valence-electron chi connectivity index (χ0n) is 16.3. The molecule has 152 valence electrons. The Kier molecular flexibility index (Phi) is 5.84. The van der Waals surface area contributed by atoms with Crippen LogP contribution in [0.5, 0.6) is 5.75 Å². The van der Waals surface area contributed by atoms with Gasteiger partial charge < -0.3 is 4.74 Å². The lowest BCUT2D eigenvalue weighted by molar-refractivity contribution is -0.123. The number of carbonyl (C=O) groups excluding carboxylic acids is 1. The highest BCUT2D eigenvalue weighted by atomic mass is 35.5. The molecule has 3 unspecified atom stereocenters. The molecule has 2 fully saturated rings. The monoisotopic (exact) mass is 430 g/mol. The summed E-state index contributed by atoms with van der Waals surface area (Å²) in [6.07, 6.45) is 6.38. The van der Waals surface area contributed by atoms with Crippen LogP contribution in [-0.2, 0) is 11.4 Å². The Hall–Kier alpha value is -2.04. The van der Waals surface area contributed by atoms with Crippen molar-refractivity contribution in [1.29, 1.82) is 0 Å².